The summed E-state index contributed by atoms with van der Waals surface area (Å²) in [6, 6.07) is 3.04. The summed E-state index contributed by atoms with van der Waals surface area (Å²) < 4.78 is 44.1. The van der Waals surface area contributed by atoms with Gasteiger partial charge < -0.3 is 14.3 Å². The molecule has 0 N–H and O–H groups in total. The van der Waals surface area contributed by atoms with Crippen molar-refractivity contribution in [3.8, 4) is 0 Å². The minimum absolute atomic E-state index is 0.109. The van der Waals surface area contributed by atoms with Gasteiger partial charge in [0.05, 0.1) is 23.3 Å². The monoisotopic (exact) mass is 420 g/mol. The number of alkyl halides is 3. The molecule has 1 aromatic heterocycles. The maximum absolute atomic E-state index is 13.1. The number of likely N-dealkylation sites (tertiary alicyclic amines) is 1. The average Bonchev–Trinajstić information content (AvgIpc) is 3.44. The number of aryl methyl sites for hydroxylation is 1. The van der Waals surface area contributed by atoms with Gasteiger partial charge in [0.2, 0.25) is 0 Å². The van der Waals surface area contributed by atoms with E-state index in [0.29, 0.717) is 12.2 Å². The minimum Gasteiger partial charge on any atom is -0.361 e. The van der Waals surface area contributed by atoms with Gasteiger partial charge in [-0.05, 0) is 31.5 Å². The lowest BCUT2D eigenvalue weighted by Gasteiger charge is -2.34. The van der Waals surface area contributed by atoms with Crippen molar-refractivity contribution < 1.29 is 32.1 Å². The van der Waals surface area contributed by atoms with Crippen molar-refractivity contribution in [2.24, 2.45) is 0 Å². The van der Waals surface area contributed by atoms with Crippen LogP contribution in [0.15, 0.2) is 34.9 Å². The molecule has 4 heterocycles. The molecule has 3 aliphatic rings. The van der Waals surface area contributed by atoms with Gasteiger partial charge in [-0.3, -0.25) is 9.59 Å². The van der Waals surface area contributed by atoms with Crippen molar-refractivity contribution in [2.75, 3.05) is 11.4 Å². The number of aromatic nitrogens is 1. The Kier molecular flexibility index (Phi) is 3.77. The maximum atomic E-state index is 13.1. The van der Waals surface area contributed by atoms with Crippen LogP contribution in [-0.2, 0) is 11.0 Å². The van der Waals surface area contributed by atoms with Crippen molar-refractivity contribution in [1.82, 2.24) is 15.0 Å². The van der Waals surface area contributed by atoms with E-state index in [1.54, 1.807) is 6.92 Å². The van der Waals surface area contributed by atoms with Crippen LogP contribution >= 0.6 is 0 Å². The molecule has 156 valence electrons. The molecule has 1 aromatic carbocycles. The molecule has 2 aromatic rings. The molecule has 11 heteroatoms. The third-order valence-corrected chi connectivity index (χ3v) is 5.80. The summed E-state index contributed by atoms with van der Waals surface area (Å²) in [6.45, 7) is 1.87. The van der Waals surface area contributed by atoms with Crippen LogP contribution in [0.4, 0.5) is 23.7 Å². The second kappa shape index (κ2) is 6.07. The number of hydrogen-bond donors (Lipinski definition) is 0. The fourth-order valence-corrected chi connectivity index (χ4v) is 4.56. The van der Waals surface area contributed by atoms with Gasteiger partial charge in [0.15, 0.2) is 5.69 Å². The summed E-state index contributed by atoms with van der Waals surface area (Å²) in [6.07, 6.45) is -4.17. The predicted octanol–water partition coefficient (Wildman–Crippen LogP) is 2.44. The van der Waals surface area contributed by atoms with Crippen molar-refractivity contribution in [3.63, 3.8) is 0 Å². The molecule has 3 fully saturated rings. The number of rotatable bonds is 2. The summed E-state index contributed by atoms with van der Waals surface area (Å²) in [4.78, 5) is 42.4. The number of halogens is 3. The molecule has 4 amide bonds. The van der Waals surface area contributed by atoms with Gasteiger partial charge in [-0.1, -0.05) is 11.2 Å². The van der Waals surface area contributed by atoms with Gasteiger partial charge in [0.1, 0.15) is 11.8 Å². The molecule has 0 spiro atoms. The molecule has 0 radical (unpaired) electrons. The van der Waals surface area contributed by atoms with Crippen molar-refractivity contribution in [1.29, 1.82) is 0 Å². The van der Waals surface area contributed by atoms with Crippen LogP contribution in [0.5, 0.6) is 0 Å². The lowest BCUT2D eigenvalue weighted by atomic mass is 10.1. The zero-order valence-corrected chi connectivity index (χ0v) is 15.6. The Labute approximate surface area is 167 Å². The van der Waals surface area contributed by atoms with Crippen LogP contribution in [0.25, 0.3) is 0 Å². The SMILES string of the molecule is Cc1cc(C(=O)N2CC3C[C@@H]2[C@@H]2C(=O)N(c4cccc(C(F)(F)F)c4)C(=O)N32)no1. The van der Waals surface area contributed by atoms with E-state index in [1.807, 2.05) is 0 Å². The third kappa shape index (κ3) is 2.54. The van der Waals surface area contributed by atoms with E-state index in [9.17, 15) is 27.6 Å². The second-order valence-corrected chi connectivity index (χ2v) is 7.59. The van der Waals surface area contributed by atoms with E-state index in [1.165, 1.54) is 21.9 Å². The number of carbonyl (C=O) groups is 3. The lowest BCUT2D eigenvalue weighted by molar-refractivity contribution is -0.137. The molecular weight excluding hydrogens is 405 g/mol. The first kappa shape index (κ1) is 18.6. The number of hydrogen-bond acceptors (Lipinski definition) is 5. The standard InChI is InChI=1S/C19H15F3N4O4/c1-9-5-13(23-30-9)16(27)24-8-12-7-14(24)15-17(28)26(18(29)25(12)15)11-4-2-3-10(6-11)19(20,21)22/h2-6,12,14-15H,7-8H2,1H3/t12?,14-,15-/m1/s1. The Morgan fingerprint density at radius 1 is 1.23 bits per heavy atom. The highest BCUT2D eigenvalue weighted by Gasteiger charge is 2.63. The van der Waals surface area contributed by atoms with Crippen molar-refractivity contribution in [2.45, 2.75) is 37.6 Å². The largest absolute Gasteiger partial charge is 0.416 e. The first-order valence-corrected chi connectivity index (χ1v) is 9.24. The van der Waals surface area contributed by atoms with Gasteiger partial charge in [-0.15, -0.1) is 0 Å². The molecular formula is C19H15F3N4O4. The highest BCUT2D eigenvalue weighted by Crippen LogP contribution is 2.43. The molecule has 8 nitrogen and oxygen atoms in total. The molecule has 0 aliphatic carbocycles. The number of urea groups is 1. The predicted molar refractivity (Wildman–Crippen MR) is 94.4 cm³/mol. The molecule has 5 rings (SSSR count). The Hall–Kier alpha value is -3.37. The number of nitrogens with zero attached hydrogens (tertiary/aromatic N) is 4. The van der Waals surface area contributed by atoms with Crippen molar-refractivity contribution >= 4 is 23.5 Å². The van der Waals surface area contributed by atoms with E-state index < -0.39 is 41.7 Å². The van der Waals surface area contributed by atoms with Crippen LogP contribution < -0.4 is 4.90 Å². The lowest BCUT2D eigenvalue weighted by Crippen LogP contribution is -2.54. The van der Waals surface area contributed by atoms with Crippen LogP contribution in [-0.4, -0.2) is 57.5 Å². The number of anilines is 1. The smallest absolute Gasteiger partial charge is 0.361 e. The molecule has 3 aliphatic heterocycles. The first-order valence-electron chi connectivity index (χ1n) is 9.24. The first-order chi connectivity index (χ1) is 14.2. The van der Waals surface area contributed by atoms with Gasteiger partial charge >= 0.3 is 12.2 Å². The van der Waals surface area contributed by atoms with E-state index >= 15 is 0 Å². The molecule has 3 atom stereocenters. The number of piperazine rings is 1. The van der Waals surface area contributed by atoms with Gasteiger partial charge in [0.25, 0.3) is 11.8 Å². The fraction of sp³-hybridized carbons (Fsp3) is 0.368. The number of benzene rings is 1. The zero-order chi connectivity index (χ0) is 21.4. The summed E-state index contributed by atoms with van der Waals surface area (Å²) in [5.41, 5.74) is -0.981. The third-order valence-electron chi connectivity index (χ3n) is 5.80. The molecule has 0 saturated carbocycles. The van der Waals surface area contributed by atoms with Crippen LogP contribution in [0.2, 0.25) is 0 Å². The van der Waals surface area contributed by atoms with E-state index in [-0.39, 0.29) is 24.0 Å². The van der Waals surface area contributed by atoms with Crippen LogP contribution in [0, 0.1) is 6.92 Å². The van der Waals surface area contributed by atoms with E-state index in [4.69, 9.17) is 4.52 Å². The van der Waals surface area contributed by atoms with Gasteiger partial charge in [0, 0.05) is 12.6 Å². The Balaban J connectivity index is 1.45. The molecule has 3 saturated heterocycles. The topological polar surface area (TPSA) is 87.0 Å². The quantitative estimate of drug-likeness (QED) is 0.697. The van der Waals surface area contributed by atoms with E-state index in [2.05, 4.69) is 5.16 Å². The highest BCUT2D eigenvalue weighted by molar-refractivity contribution is 6.22. The fourth-order valence-electron chi connectivity index (χ4n) is 4.56. The molecule has 2 bridgehead atoms. The summed E-state index contributed by atoms with van der Waals surface area (Å²) in [5, 5.41) is 3.71. The average molecular weight is 420 g/mol. The Morgan fingerprint density at radius 3 is 2.67 bits per heavy atom. The number of carbonyl (C=O) groups excluding carboxylic acids is 3. The zero-order valence-electron chi connectivity index (χ0n) is 15.6. The molecule has 1 unspecified atom stereocenters. The van der Waals surface area contributed by atoms with Crippen LogP contribution in [0.3, 0.4) is 0 Å². The highest BCUT2D eigenvalue weighted by atomic mass is 19.4. The number of fused-ring (bicyclic) bond motifs is 5. The summed E-state index contributed by atoms with van der Waals surface area (Å²) in [5.74, 6) is -0.579. The normalized spacial score (nSPS) is 25.5. The second-order valence-electron chi connectivity index (χ2n) is 7.59. The van der Waals surface area contributed by atoms with Crippen molar-refractivity contribution in [3.05, 3.63) is 47.3 Å². The minimum atomic E-state index is -4.60. The Bertz CT molecular complexity index is 1080. The van der Waals surface area contributed by atoms with Gasteiger partial charge in [-0.25, -0.2) is 9.69 Å². The number of imide groups is 1. The summed E-state index contributed by atoms with van der Waals surface area (Å²) in [7, 11) is 0. The van der Waals surface area contributed by atoms with Gasteiger partial charge in [-0.2, -0.15) is 13.2 Å². The maximum Gasteiger partial charge on any atom is 0.416 e. The molecule has 30 heavy (non-hydrogen) atoms. The number of amides is 4. The van der Waals surface area contributed by atoms with E-state index in [0.717, 1.165) is 23.1 Å². The Morgan fingerprint density at radius 2 is 2.00 bits per heavy atom. The summed E-state index contributed by atoms with van der Waals surface area (Å²) >= 11 is 0. The van der Waals surface area contributed by atoms with Crippen LogP contribution in [0.1, 0.15) is 28.2 Å².